The normalized spacial score (nSPS) is 22.8. The molecule has 1 spiro atoms. The lowest BCUT2D eigenvalue weighted by Gasteiger charge is -2.26. The molecule has 0 fully saturated rings. The fourth-order valence-corrected chi connectivity index (χ4v) is 3.23. The van der Waals surface area contributed by atoms with Gasteiger partial charge in [-0.05, 0) is 32.4 Å². The van der Waals surface area contributed by atoms with E-state index in [0.29, 0.717) is 16.7 Å². The smallest absolute Gasteiger partial charge is 0.167 e. The summed E-state index contributed by atoms with van der Waals surface area (Å²) < 4.78 is 5.93. The molecule has 2 N–H and O–H groups in total. The lowest BCUT2D eigenvalue weighted by Crippen LogP contribution is -2.32. The first-order chi connectivity index (χ1) is 10.2. The molecular weight excluding hydrogens is 284 g/mol. The first kappa shape index (κ1) is 14.4. The summed E-state index contributed by atoms with van der Waals surface area (Å²) in [4.78, 5) is 23.7. The summed E-state index contributed by atoms with van der Waals surface area (Å²) in [5, 5.41) is 20.5. The molecule has 0 amide bonds. The maximum Gasteiger partial charge on any atom is 0.167 e. The molecular formula is C17H16O5. The van der Waals surface area contributed by atoms with Crippen molar-refractivity contribution in [3.8, 4) is 17.2 Å². The Bertz CT molecular complexity index is 800. The van der Waals surface area contributed by atoms with E-state index < -0.39 is 5.60 Å². The number of phenols is 2. The second-order valence-electron chi connectivity index (χ2n) is 5.84. The van der Waals surface area contributed by atoms with Crippen LogP contribution in [0.3, 0.4) is 0 Å². The van der Waals surface area contributed by atoms with Crippen LogP contribution in [0.5, 0.6) is 17.2 Å². The number of carbonyl (C=O) groups excluding carboxylic acids is 2. The van der Waals surface area contributed by atoms with Gasteiger partial charge < -0.3 is 14.9 Å². The maximum atomic E-state index is 11.9. The van der Waals surface area contributed by atoms with Crippen molar-refractivity contribution in [3.05, 3.63) is 34.9 Å². The molecule has 0 saturated carbocycles. The van der Waals surface area contributed by atoms with Gasteiger partial charge in [-0.25, -0.2) is 0 Å². The molecule has 0 bridgehead atoms. The summed E-state index contributed by atoms with van der Waals surface area (Å²) >= 11 is 0. The highest BCUT2D eigenvalue weighted by Crippen LogP contribution is 2.57. The number of hydrogen-bond donors (Lipinski definition) is 2. The van der Waals surface area contributed by atoms with Crippen molar-refractivity contribution in [3.63, 3.8) is 0 Å². The monoisotopic (exact) mass is 300 g/mol. The predicted octanol–water partition coefficient (Wildman–Crippen LogP) is 2.67. The van der Waals surface area contributed by atoms with Crippen molar-refractivity contribution in [1.29, 1.82) is 0 Å². The van der Waals surface area contributed by atoms with Gasteiger partial charge in [0, 0.05) is 11.1 Å². The topological polar surface area (TPSA) is 83.8 Å². The molecule has 114 valence electrons. The van der Waals surface area contributed by atoms with Crippen LogP contribution in [-0.4, -0.2) is 27.4 Å². The Morgan fingerprint density at radius 2 is 1.95 bits per heavy atom. The Kier molecular flexibility index (Phi) is 2.76. The summed E-state index contributed by atoms with van der Waals surface area (Å²) in [6, 6.07) is 0. The van der Waals surface area contributed by atoms with Gasteiger partial charge in [0.05, 0.1) is 12.0 Å². The van der Waals surface area contributed by atoms with Gasteiger partial charge in [0.1, 0.15) is 22.8 Å². The average Bonchev–Trinajstić information content (AvgIpc) is 2.86. The third kappa shape index (κ3) is 1.53. The molecule has 0 radical (unpaired) electrons. The van der Waals surface area contributed by atoms with Gasteiger partial charge in [0.15, 0.2) is 17.2 Å². The summed E-state index contributed by atoms with van der Waals surface area (Å²) in [6.07, 6.45) is 1.55. The van der Waals surface area contributed by atoms with Gasteiger partial charge in [-0.3, -0.25) is 9.59 Å². The number of allylic oxidation sites excluding steroid dienone is 1. The molecule has 1 heterocycles. The van der Waals surface area contributed by atoms with Crippen LogP contribution in [0, 0.1) is 6.92 Å². The van der Waals surface area contributed by atoms with Gasteiger partial charge in [-0.2, -0.15) is 0 Å². The molecule has 5 nitrogen and oxygen atoms in total. The number of benzene rings is 1. The first-order valence-electron chi connectivity index (χ1n) is 6.90. The Morgan fingerprint density at radius 3 is 2.45 bits per heavy atom. The standard InChI is InChI=1S/C17H16O5/c1-7-5-11(19)6-17(7)9(3)12-14(20)8(2)15(21)13(10(4)18)16(12)22-17/h5,20-21H,3,6H2,1-2,4H3. The summed E-state index contributed by atoms with van der Waals surface area (Å²) in [5.41, 5.74) is 0.534. The number of carbonyl (C=O) groups is 2. The lowest BCUT2D eigenvalue weighted by atomic mass is 9.85. The van der Waals surface area contributed by atoms with Crippen LogP contribution in [0.15, 0.2) is 18.2 Å². The number of Topliss-reactive ketones (excluding diaryl/α,β-unsaturated/α-hetero) is 1. The first-order valence-corrected chi connectivity index (χ1v) is 6.90. The number of ether oxygens (including phenoxy) is 1. The van der Waals surface area contributed by atoms with Gasteiger partial charge in [0.25, 0.3) is 0 Å². The average molecular weight is 300 g/mol. The van der Waals surface area contributed by atoms with Crippen molar-refractivity contribution in [1.82, 2.24) is 0 Å². The van der Waals surface area contributed by atoms with Gasteiger partial charge in [-0.1, -0.05) is 6.58 Å². The number of hydrogen-bond acceptors (Lipinski definition) is 5. The summed E-state index contributed by atoms with van der Waals surface area (Å²) in [6.45, 7) is 8.55. The fourth-order valence-electron chi connectivity index (χ4n) is 3.23. The summed E-state index contributed by atoms with van der Waals surface area (Å²) in [7, 11) is 0. The molecule has 0 saturated heterocycles. The predicted molar refractivity (Wildman–Crippen MR) is 80.3 cm³/mol. The number of fused-ring (bicyclic) bond motifs is 1. The molecule has 3 rings (SSSR count). The molecule has 1 unspecified atom stereocenters. The second kappa shape index (κ2) is 4.22. The van der Waals surface area contributed by atoms with E-state index in [0.717, 1.165) is 0 Å². The van der Waals surface area contributed by atoms with Gasteiger partial charge >= 0.3 is 0 Å². The Morgan fingerprint density at radius 1 is 1.32 bits per heavy atom. The van der Waals surface area contributed by atoms with Crippen LogP contribution in [-0.2, 0) is 4.79 Å². The molecule has 1 aliphatic heterocycles. The second-order valence-corrected chi connectivity index (χ2v) is 5.84. The van der Waals surface area contributed by atoms with E-state index >= 15 is 0 Å². The highest BCUT2D eigenvalue weighted by atomic mass is 16.5. The quantitative estimate of drug-likeness (QED) is 0.779. The van der Waals surface area contributed by atoms with Crippen molar-refractivity contribution < 1.29 is 24.5 Å². The molecule has 1 aliphatic carbocycles. The van der Waals surface area contributed by atoms with Gasteiger partial charge in [-0.15, -0.1) is 0 Å². The Hall–Kier alpha value is -2.56. The number of phenolic OH excluding ortho intramolecular Hbond substituents is 2. The van der Waals surface area contributed by atoms with E-state index in [1.54, 1.807) is 6.92 Å². The van der Waals surface area contributed by atoms with E-state index in [9.17, 15) is 19.8 Å². The Balaban J connectivity index is 2.33. The minimum absolute atomic E-state index is 0.00970. The van der Waals surface area contributed by atoms with E-state index in [2.05, 4.69) is 6.58 Å². The Labute approximate surface area is 127 Å². The molecule has 22 heavy (non-hydrogen) atoms. The fraction of sp³-hybridized carbons (Fsp3) is 0.294. The zero-order valence-corrected chi connectivity index (χ0v) is 12.6. The van der Waals surface area contributed by atoms with Crippen LogP contribution < -0.4 is 4.74 Å². The molecule has 1 atom stereocenters. The van der Waals surface area contributed by atoms with Crippen molar-refractivity contribution in [2.24, 2.45) is 0 Å². The van der Waals surface area contributed by atoms with Crippen LogP contribution in [0.4, 0.5) is 0 Å². The largest absolute Gasteiger partial charge is 0.507 e. The van der Waals surface area contributed by atoms with E-state index in [-0.39, 0.29) is 46.4 Å². The minimum Gasteiger partial charge on any atom is -0.507 e. The zero-order valence-electron chi connectivity index (χ0n) is 12.6. The molecule has 1 aromatic carbocycles. The zero-order chi connectivity index (χ0) is 16.4. The third-order valence-corrected chi connectivity index (χ3v) is 4.49. The molecule has 0 aromatic heterocycles. The van der Waals surface area contributed by atoms with Crippen molar-refractivity contribution in [2.75, 3.05) is 0 Å². The maximum absolute atomic E-state index is 11.9. The number of rotatable bonds is 1. The van der Waals surface area contributed by atoms with Crippen LogP contribution >= 0.6 is 0 Å². The van der Waals surface area contributed by atoms with Crippen LogP contribution in [0.2, 0.25) is 0 Å². The summed E-state index contributed by atoms with van der Waals surface area (Å²) in [5.74, 6) is -0.865. The SMILES string of the molecule is C=C1c2c(O)c(C)c(O)c(C(C)=O)c2OC12CC(=O)C=C2C. The minimum atomic E-state index is -1.07. The highest BCUT2D eigenvalue weighted by molar-refractivity contribution is 6.07. The third-order valence-electron chi connectivity index (χ3n) is 4.49. The number of ketones is 2. The highest BCUT2D eigenvalue weighted by Gasteiger charge is 2.52. The van der Waals surface area contributed by atoms with Crippen LogP contribution in [0.1, 0.15) is 41.8 Å². The van der Waals surface area contributed by atoms with E-state index in [1.807, 2.05) is 0 Å². The van der Waals surface area contributed by atoms with Crippen LogP contribution in [0.25, 0.3) is 5.57 Å². The van der Waals surface area contributed by atoms with Gasteiger partial charge in [0.2, 0.25) is 0 Å². The lowest BCUT2D eigenvalue weighted by molar-refractivity contribution is -0.115. The van der Waals surface area contributed by atoms with E-state index in [1.165, 1.54) is 19.9 Å². The van der Waals surface area contributed by atoms with Crippen molar-refractivity contribution >= 4 is 17.1 Å². The molecule has 5 heteroatoms. The van der Waals surface area contributed by atoms with E-state index in [4.69, 9.17) is 4.74 Å². The molecule has 2 aliphatic rings. The molecule has 1 aromatic rings. The van der Waals surface area contributed by atoms with Crippen molar-refractivity contribution in [2.45, 2.75) is 32.8 Å². The number of aromatic hydroxyl groups is 2.